The van der Waals surface area contributed by atoms with E-state index in [4.69, 9.17) is 9.40 Å². The minimum absolute atomic E-state index is 0.144. The number of nitrogens with one attached hydrogen (secondary N) is 1. The van der Waals surface area contributed by atoms with Gasteiger partial charge in [-0.05, 0) is 65.1 Å². The molecule has 0 spiro atoms. The van der Waals surface area contributed by atoms with Crippen molar-refractivity contribution in [3.8, 4) is 11.5 Å². The minimum Gasteiger partial charge on any atom is -0.436 e. The third-order valence-corrected chi connectivity index (χ3v) is 5.99. The van der Waals surface area contributed by atoms with Crippen molar-refractivity contribution in [2.24, 2.45) is 0 Å². The van der Waals surface area contributed by atoms with Crippen molar-refractivity contribution < 1.29 is 9.21 Å². The average molecular weight is 421 g/mol. The summed E-state index contributed by atoms with van der Waals surface area (Å²) in [6.07, 6.45) is 1.08. The van der Waals surface area contributed by atoms with Gasteiger partial charge in [-0.3, -0.25) is 4.79 Å². The molecule has 1 amide bonds. The Labute approximate surface area is 186 Å². The molecule has 0 aliphatic rings. The van der Waals surface area contributed by atoms with E-state index in [0.717, 1.165) is 33.9 Å². The summed E-state index contributed by atoms with van der Waals surface area (Å²) in [7, 11) is 0. The zero-order valence-corrected chi connectivity index (χ0v) is 18.1. The van der Waals surface area contributed by atoms with Crippen molar-refractivity contribution in [1.82, 2.24) is 4.98 Å². The van der Waals surface area contributed by atoms with Crippen LogP contribution in [-0.4, -0.2) is 10.9 Å². The van der Waals surface area contributed by atoms with Crippen molar-refractivity contribution in [3.63, 3.8) is 0 Å². The lowest BCUT2D eigenvalue weighted by Gasteiger charge is -2.09. The van der Waals surface area contributed by atoms with Crippen molar-refractivity contribution in [3.05, 3.63) is 96.1 Å². The molecule has 0 bridgehead atoms. The molecule has 0 saturated carbocycles. The molecule has 0 fully saturated rings. The van der Waals surface area contributed by atoms with Gasteiger partial charge in [0.2, 0.25) is 5.89 Å². The smallest absolute Gasteiger partial charge is 0.256 e. The number of nitrogens with zero attached hydrogens (tertiary/aromatic N) is 1. The molecule has 0 saturated heterocycles. The van der Waals surface area contributed by atoms with E-state index in [2.05, 4.69) is 31.3 Å². The molecular formula is C28H24N2O2. The fourth-order valence-electron chi connectivity index (χ4n) is 3.96. The number of carbonyl (C=O) groups is 1. The van der Waals surface area contributed by atoms with Gasteiger partial charge in [-0.2, -0.15) is 0 Å². The Balaban J connectivity index is 1.44. The molecule has 1 heterocycles. The topological polar surface area (TPSA) is 55.1 Å². The molecule has 1 N–H and O–H groups in total. The van der Waals surface area contributed by atoms with Crippen LogP contribution in [0.2, 0.25) is 0 Å². The molecule has 0 radical (unpaired) electrons. The first-order chi connectivity index (χ1) is 15.6. The number of hydrogen-bond donors (Lipinski definition) is 1. The van der Waals surface area contributed by atoms with E-state index in [-0.39, 0.29) is 5.91 Å². The molecule has 0 aliphatic carbocycles. The van der Waals surface area contributed by atoms with Crippen LogP contribution in [0.5, 0.6) is 0 Å². The molecule has 1 aromatic heterocycles. The third-order valence-electron chi connectivity index (χ3n) is 5.99. The van der Waals surface area contributed by atoms with E-state index in [1.807, 2.05) is 72.8 Å². The highest BCUT2D eigenvalue weighted by molar-refractivity contribution is 6.13. The second-order valence-electron chi connectivity index (χ2n) is 8.12. The van der Waals surface area contributed by atoms with Crippen molar-refractivity contribution in [1.29, 1.82) is 0 Å². The molecule has 32 heavy (non-hydrogen) atoms. The average Bonchev–Trinajstić information content (AvgIpc) is 3.27. The lowest BCUT2D eigenvalue weighted by atomic mass is 9.98. The summed E-state index contributed by atoms with van der Waals surface area (Å²) >= 11 is 0. The number of benzene rings is 4. The number of oxazole rings is 1. The Morgan fingerprint density at radius 3 is 2.66 bits per heavy atom. The summed E-state index contributed by atoms with van der Waals surface area (Å²) in [5.74, 6) is 0.879. The van der Waals surface area contributed by atoms with E-state index in [1.165, 1.54) is 5.56 Å². The molecule has 4 nitrogen and oxygen atoms in total. The third kappa shape index (κ3) is 3.76. The molecule has 4 heteroatoms. The van der Waals surface area contributed by atoms with Gasteiger partial charge in [0, 0.05) is 16.8 Å². The van der Waals surface area contributed by atoms with E-state index in [1.54, 1.807) is 0 Å². The highest BCUT2D eigenvalue weighted by atomic mass is 16.3. The number of carbonyl (C=O) groups excluding carboxylic acids is 1. The quantitative estimate of drug-likeness (QED) is 0.322. The van der Waals surface area contributed by atoms with Gasteiger partial charge >= 0.3 is 0 Å². The summed E-state index contributed by atoms with van der Waals surface area (Å²) in [6, 6.07) is 27.4. The Bertz CT molecular complexity index is 1430. The zero-order valence-electron chi connectivity index (χ0n) is 18.1. The van der Waals surface area contributed by atoms with Gasteiger partial charge < -0.3 is 9.73 Å². The van der Waals surface area contributed by atoms with Gasteiger partial charge in [-0.15, -0.1) is 0 Å². The van der Waals surface area contributed by atoms with Crippen LogP contribution in [0.4, 0.5) is 5.69 Å². The number of hydrogen-bond acceptors (Lipinski definition) is 3. The Kier molecular flexibility index (Phi) is 5.20. The van der Waals surface area contributed by atoms with Crippen LogP contribution < -0.4 is 5.32 Å². The predicted octanol–water partition coefficient (Wildman–Crippen LogP) is 7.41. The number of rotatable bonds is 5. The fourth-order valence-corrected chi connectivity index (χ4v) is 3.96. The Morgan fingerprint density at radius 1 is 0.969 bits per heavy atom. The standard InChI is InChI=1S/C28H24N2O2/c1-3-18(2)20-14-15-26-25(17-20)30-28(32-26)21-10-6-11-22(16-21)29-27(31)24-13-7-9-19-8-4-5-12-23(19)24/h4-18H,3H2,1-2H3,(H,29,31). The van der Waals surface area contributed by atoms with E-state index in [9.17, 15) is 4.79 Å². The molecule has 0 aliphatic heterocycles. The van der Waals surface area contributed by atoms with Crippen LogP contribution in [0, 0.1) is 0 Å². The van der Waals surface area contributed by atoms with Crippen LogP contribution in [0.25, 0.3) is 33.3 Å². The monoisotopic (exact) mass is 420 g/mol. The number of amides is 1. The van der Waals surface area contributed by atoms with Crippen molar-refractivity contribution >= 4 is 33.5 Å². The summed E-state index contributed by atoms with van der Waals surface area (Å²) < 4.78 is 6.00. The maximum Gasteiger partial charge on any atom is 0.256 e. The Morgan fingerprint density at radius 2 is 1.78 bits per heavy atom. The largest absolute Gasteiger partial charge is 0.436 e. The molecule has 5 aromatic rings. The normalized spacial score (nSPS) is 12.2. The summed E-state index contributed by atoms with van der Waals surface area (Å²) in [4.78, 5) is 17.7. The molecule has 1 atom stereocenters. The van der Waals surface area contributed by atoms with Crippen molar-refractivity contribution in [2.75, 3.05) is 5.32 Å². The van der Waals surface area contributed by atoms with Crippen LogP contribution in [-0.2, 0) is 0 Å². The van der Waals surface area contributed by atoms with E-state index < -0.39 is 0 Å². The van der Waals surface area contributed by atoms with Gasteiger partial charge in [0.05, 0.1) is 0 Å². The zero-order chi connectivity index (χ0) is 22.1. The van der Waals surface area contributed by atoms with Gasteiger partial charge in [-0.25, -0.2) is 4.98 Å². The Hall–Kier alpha value is -3.92. The first kappa shape index (κ1) is 20.0. The first-order valence-corrected chi connectivity index (χ1v) is 10.9. The summed E-state index contributed by atoms with van der Waals surface area (Å²) in [5, 5.41) is 4.99. The van der Waals surface area contributed by atoms with Gasteiger partial charge in [0.15, 0.2) is 5.58 Å². The second kappa shape index (κ2) is 8.31. The van der Waals surface area contributed by atoms with E-state index in [0.29, 0.717) is 23.1 Å². The molecule has 1 unspecified atom stereocenters. The summed E-state index contributed by atoms with van der Waals surface area (Å²) in [6.45, 7) is 4.39. The summed E-state index contributed by atoms with van der Waals surface area (Å²) in [5.41, 5.74) is 5.04. The fraction of sp³-hybridized carbons (Fsp3) is 0.143. The van der Waals surface area contributed by atoms with Crippen LogP contribution in [0.3, 0.4) is 0 Å². The number of aromatic nitrogens is 1. The molecule has 4 aromatic carbocycles. The maximum absolute atomic E-state index is 13.0. The molecular weight excluding hydrogens is 396 g/mol. The van der Waals surface area contributed by atoms with Gasteiger partial charge in [-0.1, -0.05) is 62.4 Å². The second-order valence-corrected chi connectivity index (χ2v) is 8.12. The minimum atomic E-state index is -0.144. The van der Waals surface area contributed by atoms with Crippen LogP contribution in [0.15, 0.2) is 89.3 Å². The lowest BCUT2D eigenvalue weighted by molar-refractivity contribution is 0.102. The van der Waals surface area contributed by atoms with Crippen LogP contribution >= 0.6 is 0 Å². The molecule has 5 rings (SSSR count). The van der Waals surface area contributed by atoms with Gasteiger partial charge in [0.25, 0.3) is 5.91 Å². The van der Waals surface area contributed by atoms with Gasteiger partial charge in [0.1, 0.15) is 5.52 Å². The highest BCUT2D eigenvalue weighted by Crippen LogP contribution is 2.29. The SMILES string of the molecule is CCC(C)c1ccc2oc(-c3cccc(NC(=O)c4cccc5ccccc45)c3)nc2c1. The number of fused-ring (bicyclic) bond motifs is 2. The number of anilines is 1. The van der Waals surface area contributed by atoms with E-state index >= 15 is 0 Å². The first-order valence-electron chi connectivity index (χ1n) is 10.9. The highest BCUT2D eigenvalue weighted by Gasteiger charge is 2.13. The van der Waals surface area contributed by atoms with Crippen molar-refractivity contribution in [2.45, 2.75) is 26.2 Å². The van der Waals surface area contributed by atoms with Crippen LogP contribution in [0.1, 0.15) is 42.1 Å². The lowest BCUT2D eigenvalue weighted by Crippen LogP contribution is -2.12. The molecule has 158 valence electrons. The maximum atomic E-state index is 13.0. The predicted molar refractivity (Wildman–Crippen MR) is 130 cm³/mol.